The second kappa shape index (κ2) is 6.53. The molecular formula is C21H20N4OS. The number of aryl methyl sites for hydroxylation is 2. The first-order valence-corrected chi connectivity index (χ1v) is 10.2. The molecule has 5 nitrogen and oxygen atoms in total. The normalized spacial score (nSPS) is 16.1. The van der Waals surface area contributed by atoms with E-state index in [1.807, 2.05) is 18.2 Å². The molecule has 0 amide bonds. The first-order chi connectivity index (χ1) is 13.2. The minimum absolute atomic E-state index is 0.0607. The summed E-state index contributed by atoms with van der Waals surface area (Å²) >= 11 is 1.47. The van der Waals surface area contributed by atoms with Crippen LogP contribution in [0.5, 0.6) is 0 Å². The van der Waals surface area contributed by atoms with Crippen LogP contribution < -0.4 is 4.90 Å². The van der Waals surface area contributed by atoms with Gasteiger partial charge in [-0.25, -0.2) is 4.98 Å². The van der Waals surface area contributed by atoms with Gasteiger partial charge in [0.1, 0.15) is 0 Å². The van der Waals surface area contributed by atoms with Crippen LogP contribution in [0.1, 0.15) is 41.3 Å². The number of hydrogen-bond acceptors (Lipinski definition) is 6. The van der Waals surface area contributed by atoms with E-state index >= 15 is 0 Å². The summed E-state index contributed by atoms with van der Waals surface area (Å²) in [6.07, 6.45) is 4.67. The number of azo groups is 1. The van der Waals surface area contributed by atoms with Gasteiger partial charge in [-0.3, -0.25) is 4.79 Å². The number of ketones is 1. The van der Waals surface area contributed by atoms with E-state index in [0.29, 0.717) is 10.7 Å². The number of rotatable bonds is 3. The zero-order chi connectivity index (χ0) is 18.4. The van der Waals surface area contributed by atoms with E-state index in [-0.39, 0.29) is 5.78 Å². The fraction of sp³-hybridized carbons (Fsp3) is 0.333. The molecule has 0 aliphatic carbocycles. The third kappa shape index (κ3) is 3.04. The fourth-order valence-electron chi connectivity index (χ4n) is 4.12. The first-order valence-electron chi connectivity index (χ1n) is 9.41. The minimum atomic E-state index is 0.0607. The molecular weight excluding hydrogens is 356 g/mol. The van der Waals surface area contributed by atoms with Crippen LogP contribution in [0.3, 0.4) is 0 Å². The summed E-state index contributed by atoms with van der Waals surface area (Å²) in [5.74, 6) is 0.0607. The van der Waals surface area contributed by atoms with Crippen LogP contribution in [0.25, 0.3) is 10.2 Å². The van der Waals surface area contributed by atoms with Crippen molar-refractivity contribution >= 4 is 43.8 Å². The maximum atomic E-state index is 11.6. The smallest absolute Gasteiger partial charge is 0.231 e. The molecule has 5 rings (SSSR count). The van der Waals surface area contributed by atoms with Crippen LogP contribution in [0.15, 0.2) is 40.6 Å². The molecule has 0 fully saturated rings. The maximum absolute atomic E-state index is 11.6. The Bertz CT molecular complexity index is 1050. The lowest BCUT2D eigenvalue weighted by atomic mass is 9.91. The maximum Gasteiger partial charge on any atom is 0.231 e. The van der Waals surface area contributed by atoms with Gasteiger partial charge < -0.3 is 4.90 Å². The second-order valence-electron chi connectivity index (χ2n) is 7.24. The molecule has 0 spiro atoms. The summed E-state index contributed by atoms with van der Waals surface area (Å²) < 4.78 is 0.966. The van der Waals surface area contributed by atoms with Gasteiger partial charge in [0, 0.05) is 24.3 Å². The predicted molar refractivity (Wildman–Crippen MR) is 109 cm³/mol. The van der Waals surface area contributed by atoms with Gasteiger partial charge in [0.25, 0.3) is 0 Å². The number of anilines is 1. The number of Topliss-reactive ketones (excluding diaryl/α,β-unsaturated/α-hetero) is 1. The monoisotopic (exact) mass is 376 g/mol. The van der Waals surface area contributed by atoms with Crippen LogP contribution in [0.2, 0.25) is 0 Å². The van der Waals surface area contributed by atoms with E-state index in [9.17, 15) is 4.79 Å². The first kappa shape index (κ1) is 16.6. The molecule has 0 radical (unpaired) electrons. The van der Waals surface area contributed by atoms with Crippen molar-refractivity contribution in [2.24, 2.45) is 10.2 Å². The lowest BCUT2D eigenvalue weighted by Gasteiger charge is -2.36. The standard InChI is InChI=1S/C21H20N4OS/c1-13(26)14-6-7-18-19(12-14)27-21(22-18)24-23-17-10-15-4-2-8-25-9-3-5-16(11-17)20(15)25/h6-7,10-12H,2-5,8-9H2,1H3/b24-23+. The van der Waals surface area contributed by atoms with E-state index in [2.05, 4.69) is 32.2 Å². The van der Waals surface area contributed by atoms with Crippen molar-refractivity contribution in [2.45, 2.75) is 32.6 Å². The Balaban J connectivity index is 1.47. The van der Waals surface area contributed by atoms with Crippen molar-refractivity contribution in [1.29, 1.82) is 0 Å². The van der Waals surface area contributed by atoms with Crippen LogP contribution >= 0.6 is 11.3 Å². The molecule has 0 unspecified atom stereocenters. The topological polar surface area (TPSA) is 57.9 Å². The Morgan fingerprint density at radius 2 is 1.81 bits per heavy atom. The number of aromatic nitrogens is 1. The molecule has 0 saturated heterocycles. The van der Waals surface area contributed by atoms with Gasteiger partial charge in [-0.1, -0.05) is 11.3 Å². The van der Waals surface area contributed by atoms with E-state index in [4.69, 9.17) is 0 Å². The lowest BCUT2D eigenvalue weighted by molar-refractivity contribution is 0.101. The lowest BCUT2D eigenvalue weighted by Crippen LogP contribution is -2.34. The van der Waals surface area contributed by atoms with Crippen molar-refractivity contribution < 1.29 is 4.79 Å². The van der Waals surface area contributed by atoms with Gasteiger partial charge in [-0.2, -0.15) is 0 Å². The molecule has 0 atom stereocenters. The van der Waals surface area contributed by atoms with Gasteiger partial charge in [0.2, 0.25) is 5.13 Å². The van der Waals surface area contributed by atoms with Crippen molar-refractivity contribution in [3.05, 3.63) is 47.0 Å². The summed E-state index contributed by atoms with van der Waals surface area (Å²) in [7, 11) is 0. The third-order valence-corrected chi connectivity index (χ3v) is 6.25. The molecule has 2 aliphatic rings. The van der Waals surface area contributed by atoms with Gasteiger partial charge in [-0.05, 0) is 74.1 Å². The zero-order valence-electron chi connectivity index (χ0n) is 15.2. The molecule has 2 aromatic carbocycles. The number of thiazole rings is 1. The van der Waals surface area contributed by atoms with E-state index in [1.165, 1.54) is 54.1 Å². The van der Waals surface area contributed by atoms with Crippen molar-refractivity contribution in [2.75, 3.05) is 18.0 Å². The molecule has 1 aromatic heterocycles. The van der Waals surface area contributed by atoms with Crippen LogP contribution in [-0.2, 0) is 12.8 Å². The molecule has 0 bridgehead atoms. The Morgan fingerprint density at radius 1 is 1.07 bits per heavy atom. The molecule has 27 heavy (non-hydrogen) atoms. The summed E-state index contributed by atoms with van der Waals surface area (Å²) in [6, 6.07) is 9.93. The molecule has 6 heteroatoms. The number of hydrogen-bond donors (Lipinski definition) is 0. The average Bonchev–Trinajstić information content (AvgIpc) is 3.09. The summed E-state index contributed by atoms with van der Waals surface area (Å²) in [6.45, 7) is 3.93. The highest BCUT2D eigenvalue weighted by Gasteiger charge is 2.24. The van der Waals surface area contributed by atoms with E-state index in [0.717, 1.165) is 28.7 Å². The third-order valence-electron chi connectivity index (χ3n) is 5.35. The number of carbonyl (C=O) groups is 1. The highest BCUT2D eigenvalue weighted by atomic mass is 32.1. The number of carbonyl (C=O) groups excluding carboxylic acids is 1. The molecule has 3 heterocycles. The molecule has 0 N–H and O–H groups in total. The van der Waals surface area contributed by atoms with Crippen LogP contribution in [-0.4, -0.2) is 23.9 Å². The van der Waals surface area contributed by atoms with Gasteiger partial charge >= 0.3 is 0 Å². The molecule has 136 valence electrons. The highest BCUT2D eigenvalue weighted by molar-refractivity contribution is 7.21. The summed E-state index contributed by atoms with van der Waals surface area (Å²) in [4.78, 5) is 18.6. The van der Waals surface area contributed by atoms with E-state index in [1.54, 1.807) is 6.92 Å². The predicted octanol–water partition coefficient (Wildman–Crippen LogP) is 5.61. The summed E-state index contributed by atoms with van der Waals surface area (Å²) in [5.41, 5.74) is 6.73. The SMILES string of the molecule is CC(=O)c1ccc2nc(/N=N/c3cc4c5c(c3)CCCN5CCC4)sc2c1. The van der Waals surface area contributed by atoms with E-state index < -0.39 is 0 Å². The molecule has 2 aliphatic heterocycles. The number of nitrogens with zero attached hydrogens (tertiary/aromatic N) is 4. The molecule has 0 saturated carbocycles. The quantitative estimate of drug-likeness (QED) is 0.441. The van der Waals surface area contributed by atoms with Crippen molar-refractivity contribution in [3.8, 4) is 0 Å². The second-order valence-corrected chi connectivity index (χ2v) is 8.25. The van der Waals surface area contributed by atoms with Crippen LogP contribution in [0.4, 0.5) is 16.5 Å². The average molecular weight is 376 g/mol. The summed E-state index contributed by atoms with van der Waals surface area (Å²) in [5, 5.41) is 9.49. The van der Waals surface area contributed by atoms with Gasteiger partial charge in [-0.15, -0.1) is 10.2 Å². The van der Waals surface area contributed by atoms with Gasteiger partial charge in [0.05, 0.1) is 15.9 Å². The van der Waals surface area contributed by atoms with Crippen molar-refractivity contribution in [3.63, 3.8) is 0 Å². The number of benzene rings is 2. The number of fused-ring (bicyclic) bond motifs is 1. The molecule has 3 aromatic rings. The van der Waals surface area contributed by atoms with Gasteiger partial charge in [0.15, 0.2) is 5.78 Å². The van der Waals surface area contributed by atoms with Crippen molar-refractivity contribution in [1.82, 2.24) is 4.98 Å². The Morgan fingerprint density at radius 3 is 2.52 bits per heavy atom. The minimum Gasteiger partial charge on any atom is -0.371 e. The zero-order valence-corrected chi connectivity index (χ0v) is 16.1. The Kier molecular flexibility index (Phi) is 4.01. The largest absolute Gasteiger partial charge is 0.371 e. The Labute approximate surface area is 161 Å². The Hall–Kier alpha value is -2.60. The highest BCUT2D eigenvalue weighted by Crippen LogP contribution is 2.38. The fourth-order valence-corrected chi connectivity index (χ4v) is 4.94. The van der Waals surface area contributed by atoms with Crippen LogP contribution in [0, 0.1) is 0 Å².